The number of hydrogen-bond acceptors (Lipinski definition) is 5. The summed E-state index contributed by atoms with van der Waals surface area (Å²) in [4.78, 5) is 25.1. The van der Waals surface area contributed by atoms with Crippen molar-refractivity contribution in [2.24, 2.45) is 0 Å². The lowest BCUT2D eigenvalue weighted by molar-refractivity contribution is -0.384. The molecule has 0 heterocycles. The quantitative estimate of drug-likeness (QED) is 0.318. The van der Waals surface area contributed by atoms with E-state index in [0.717, 1.165) is 12.8 Å². The molecule has 0 aliphatic carbocycles. The van der Waals surface area contributed by atoms with Crippen molar-refractivity contribution < 1.29 is 19.2 Å². The van der Waals surface area contributed by atoms with Crippen LogP contribution < -0.4 is 9.47 Å². The minimum absolute atomic E-state index is 0.00223. The molecule has 2 aromatic rings. The molecule has 0 saturated carbocycles. The molecule has 0 aliphatic heterocycles. The third-order valence-corrected chi connectivity index (χ3v) is 4.71. The highest BCUT2D eigenvalue weighted by Gasteiger charge is 2.22. The van der Waals surface area contributed by atoms with Gasteiger partial charge in [0.1, 0.15) is 0 Å². The summed E-state index contributed by atoms with van der Waals surface area (Å²) in [5.74, 6) is 0.946. The average molecular weight is 400 g/mol. The molecule has 7 nitrogen and oxygen atoms in total. The molecule has 29 heavy (non-hydrogen) atoms. The lowest BCUT2D eigenvalue weighted by Crippen LogP contribution is -2.29. The van der Waals surface area contributed by atoms with Gasteiger partial charge < -0.3 is 14.4 Å². The fourth-order valence-electron chi connectivity index (χ4n) is 2.86. The fourth-order valence-corrected chi connectivity index (χ4v) is 2.86. The van der Waals surface area contributed by atoms with E-state index in [-0.39, 0.29) is 17.6 Å². The predicted octanol–water partition coefficient (Wildman–Crippen LogP) is 5.01. The summed E-state index contributed by atoms with van der Waals surface area (Å²) >= 11 is 0. The molecule has 7 heteroatoms. The number of carbonyl (C=O) groups excluding carboxylic acids is 1. The minimum atomic E-state index is -0.441. The molecular formula is C22H28N2O5. The van der Waals surface area contributed by atoms with E-state index in [1.54, 1.807) is 42.3 Å². The van der Waals surface area contributed by atoms with Crippen LogP contribution in [0.2, 0.25) is 0 Å². The topological polar surface area (TPSA) is 81.9 Å². The molecule has 0 bridgehead atoms. The summed E-state index contributed by atoms with van der Waals surface area (Å²) < 4.78 is 11.4. The van der Waals surface area contributed by atoms with Gasteiger partial charge in [0, 0.05) is 24.7 Å². The van der Waals surface area contributed by atoms with Gasteiger partial charge in [0.05, 0.1) is 24.2 Å². The van der Waals surface area contributed by atoms with Gasteiger partial charge >= 0.3 is 0 Å². The first-order valence-electron chi connectivity index (χ1n) is 9.80. The third kappa shape index (κ3) is 5.70. The molecule has 156 valence electrons. The summed E-state index contributed by atoms with van der Waals surface area (Å²) in [7, 11) is 1.68. The maximum Gasteiger partial charge on any atom is 0.269 e. The third-order valence-electron chi connectivity index (χ3n) is 4.71. The molecular weight excluding hydrogens is 372 g/mol. The molecule has 1 atom stereocenters. The Bertz CT molecular complexity index is 853. The Morgan fingerprint density at radius 3 is 2.55 bits per heavy atom. The number of nitrogens with zero attached hydrogens (tertiary/aromatic N) is 2. The number of nitro benzene ring substituents is 1. The van der Waals surface area contributed by atoms with E-state index in [0.29, 0.717) is 35.8 Å². The van der Waals surface area contributed by atoms with Crippen LogP contribution in [0.4, 0.5) is 5.69 Å². The van der Waals surface area contributed by atoms with E-state index in [1.807, 2.05) is 13.8 Å². The van der Waals surface area contributed by atoms with Crippen molar-refractivity contribution in [1.82, 2.24) is 4.90 Å². The molecule has 0 saturated heterocycles. The van der Waals surface area contributed by atoms with Gasteiger partial charge in [-0.2, -0.15) is 0 Å². The normalized spacial score (nSPS) is 11.6. The van der Waals surface area contributed by atoms with Crippen LogP contribution in [-0.4, -0.2) is 36.0 Å². The molecule has 0 aromatic heterocycles. The van der Waals surface area contributed by atoms with E-state index in [1.165, 1.54) is 12.1 Å². The zero-order valence-electron chi connectivity index (χ0n) is 17.4. The molecule has 1 amide bonds. The van der Waals surface area contributed by atoms with Crippen LogP contribution in [0, 0.1) is 10.1 Å². The molecule has 0 aliphatic rings. The first kappa shape index (κ1) is 22.2. The second kappa shape index (κ2) is 10.5. The lowest BCUT2D eigenvalue weighted by atomic mass is 10.1. The Morgan fingerprint density at radius 1 is 1.14 bits per heavy atom. The molecule has 0 radical (unpaired) electrons. The number of non-ortho nitro benzene ring substituents is 1. The number of carbonyl (C=O) groups is 1. The zero-order valence-corrected chi connectivity index (χ0v) is 17.4. The Balaban J connectivity index is 2.22. The summed E-state index contributed by atoms with van der Waals surface area (Å²) in [6, 6.07) is 11.1. The highest BCUT2D eigenvalue weighted by molar-refractivity contribution is 5.95. The van der Waals surface area contributed by atoms with Gasteiger partial charge in [-0.3, -0.25) is 14.9 Å². The predicted molar refractivity (Wildman–Crippen MR) is 112 cm³/mol. The van der Waals surface area contributed by atoms with E-state index in [9.17, 15) is 14.9 Å². The minimum Gasteiger partial charge on any atom is -0.490 e. The second-order valence-electron chi connectivity index (χ2n) is 6.74. The summed E-state index contributed by atoms with van der Waals surface area (Å²) in [6.07, 6.45) is 1.97. The average Bonchev–Trinajstić information content (AvgIpc) is 2.73. The Labute approximate surface area is 171 Å². The first-order valence-corrected chi connectivity index (χ1v) is 9.80. The SMILES string of the molecule is CCCCOc1ccc(C(=O)N(C)[C@@H](C)c2cccc([N+](=O)[O-])c2)cc1OCC. The highest BCUT2D eigenvalue weighted by atomic mass is 16.6. The van der Waals surface area contributed by atoms with E-state index in [2.05, 4.69) is 6.92 Å². The van der Waals surface area contributed by atoms with Gasteiger partial charge in [0.25, 0.3) is 11.6 Å². The van der Waals surface area contributed by atoms with Crippen LogP contribution in [0.15, 0.2) is 42.5 Å². The van der Waals surface area contributed by atoms with Gasteiger partial charge in [-0.05, 0) is 44.0 Å². The van der Waals surface area contributed by atoms with E-state index in [4.69, 9.17) is 9.47 Å². The summed E-state index contributed by atoms with van der Waals surface area (Å²) in [6.45, 7) is 6.85. The summed E-state index contributed by atoms with van der Waals surface area (Å²) in [5, 5.41) is 11.0. The van der Waals surface area contributed by atoms with Crippen LogP contribution in [0.1, 0.15) is 55.6 Å². The van der Waals surface area contributed by atoms with Crippen molar-refractivity contribution >= 4 is 11.6 Å². The number of amides is 1. The van der Waals surface area contributed by atoms with Gasteiger partial charge in [0.15, 0.2) is 11.5 Å². The molecule has 2 rings (SSSR count). The van der Waals surface area contributed by atoms with Crippen molar-refractivity contribution in [2.45, 2.75) is 39.7 Å². The van der Waals surface area contributed by atoms with Gasteiger partial charge in [0.2, 0.25) is 0 Å². The number of ether oxygens (including phenoxy) is 2. The maximum atomic E-state index is 13.0. The maximum absolute atomic E-state index is 13.0. The standard InChI is InChI=1S/C22H28N2O5/c1-5-7-13-29-20-12-11-18(15-21(20)28-6-2)22(25)23(4)16(3)17-9-8-10-19(14-17)24(26)27/h8-12,14-16H,5-7,13H2,1-4H3/t16-/m0/s1. The van der Waals surface area contributed by atoms with Crippen LogP contribution >= 0.6 is 0 Å². The fraction of sp³-hybridized carbons (Fsp3) is 0.409. The monoisotopic (exact) mass is 400 g/mol. The van der Waals surface area contributed by atoms with Crippen molar-refractivity contribution in [3.05, 3.63) is 63.7 Å². The molecule has 0 spiro atoms. The molecule has 0 unspecified atom stereocenters. The summed E-state index contributed by atoms with van der Waals surface area (Å²) in [5.41, 5.74) is 1.16. The Kier molecular flexibility index (Phi) is 8.00. The van der Waals surface area contributed by atoms with Crippen molar-refractivity contribution in [3.8, 4) is 11.5 Å². The number of rotatable bonds is 10. The van der Waals surface area contributed by atoms with Crippen LogP contribution in [0.3, 0.4) is 0 Å². The largest absolute Gasteiger partial charge is 0.490 e. The van der Waals surface area contributed by atoms with Gasteiger partial charge in [-0.1, -0.05) is 25.5 Å². The number of nitro groups is 1. The molecule has 0 N–H and O–H groups in total. The number of unbranched alkanes of at least 4 members (excludes halogenated alkanes) is 1. The molecule has 2 aromatic carbocycles. The van der Waals surface area contributed by atoms with Gasteiger partial charge in [-0.15, -0.1) is 0 Å². The Hall–Kier alpha value is -3.09. The number of hydrogen-bond donors (Lipinski definition) is 0. The van der Waals surface area contributed by atoms with Crippen LogP contribution in [-0.2, 0) is 0 Å². The van der Waals surface area contributed by atoms with Crippen molar-refractivity contribution in [2.75, 3.05) is 20.3 Å². The Morgan fingerprint density at radius 2 is 1.90 bits per heavy atom. The van der Waals surface area contributed by atoms with Gasteiger partial charge in [-0.25, -0.2) is 0 Å². The lowest BCUT2D eigenvalue weighted by Gasteiger charge is -2.25. The van der Waals surface area contributed by atoms with Crippen LogP contribution in [0.25, 0.3) is 0 Å². The molecule has 0 fully saturated rings. The highest BCUT2D eigenvalue weighted by Crippen LogP contribution is 2.30. The number of benzene rings is 2. The van der Waals surface area contributed by atoms with Crippen LogP contribution in [0.5, 0.6) is 11.5 Å². The van der Waals surface area contributed by atoms with E-state index < -0.39 is 4.92 Å². The smallest absolute Gasteiger partial charge is 0.269 e. The zero-order chi connectivity index (χ0) is 21.4. The van der Waals surface area contributed by atoms with Crippen molar-refractivity contribution in [3.63, 3.8) is 0 Å². The first-order chi connectivity index (χ1) is 13.9. The van der Waals surface area contributed by atoms with Crippen molar-refractivity contribution in [1.29, 1.82) is 0 Å². The second-order valence-corrected chi connectivity index (χ2v) is 6.74. The van der Waals surface area contributed by atoms with E-state index >= 15 is 0 Å².